The highest BCUT2D eigenvalue weighted by atomic mass is 35.5. The molecule has 0 aliphatic heterocycles. The van der Waals surface area contributed by atoms with Crippen molar-refractivity contribution in [1.82, 2.24) is 4.98 Å². The van der Waals surface area contributed by atoms with E-state index < -0.39 is 0 Å². The Morgan fingerprint density at radius 2 is 1.94 bits per heavy atom. The van der Waals surface area contributed by atoms with Gasteiger partial charge < -0.3 is 4.74 Å². The van der Waals surface area contributed by atoms with E-state index in [1.165, 1.54) is 5.56 Å². The van der Waals surface area contributed by atoms with Crippen molar-refractivity contribution >= 4 is 11.6 Å². The van der Waals surface area contributed by atoms with Gasteiger partial charge in [0.1, 0.15) is 16.7 Å². The predicted octanol–water partition coefficient (Wildman–Crippen LogP) is 4.65. The first kappa shape index (κ1) is 11.9. The van der Waals surface area contributed by atoms with E-state index in [0.29, 0.717) is 16.8 Å². The second-order valence-electron chi connectivity index (χ2n) is 4.15. The molecule has 0 amide bonds. The molecular weight excluding hydrogens is 234 g/mol. The van der Waals surface area contributed by atoms with Gasteiger partial charge in [0.2, 0.25) is 0 Å². The average molecular weight is 248 g/mol. The Labute approximate surface area is 106 Å². The maximum absolute atomic E-state index is 5.71. The fourth-order valence-electron chi connectivity index (χ4n) is 1.50. The quantitative estimate of drug-likeness (QED) is 0.737. The summed E-state index contributed by atoms with van der Waals surface area (Å²) < 4.78 is 5.70. The zero-order valence-electron chi connectivity index (χ0n) is 9.85. The monoisotopic (exact) mass is 247 g/mol. The number of hydrogen-bond donors (Lipinski definition) is 0. The lowest BCUT2D eigenvalue weighted by atomic mass is 10.0. The lowest BCUT2D eigenvalue weighted by Gasteiger charge is -2.09. The third-order valence-corrected chi connectivity index (χ3v) is 2.68. The Hall–Kier alpha value is -1.54. The van der Waals surface area contributed by atoms with Crippen LogP contribution in [-0.2, 0) is 0 Å². The molecule has 0 aliphatic rings. The van der Waals surface area contributed by atoms with Gasteiger partial charge in [0.15, 0.2) is 0 Å². The molecular formula is C14H14ClNO. The Bertz CT molecular complexity index is 494. The number of rotatable bonds is 3. The minimum atomic E-state index is 0.466. The van der Waals surface area contributed by atoms with Crippen molar-refractivity contribution in [3.63, 3.8) is 0 Å². The summed E-state index contributed by atoms with van der Waals surface area (Å²) in [6.45, 7) is 4.31. The molecule has 88 valence electrons. The molecule has 0 atom stereocenters. The van der Waals surface area contributed by atoms with Crippen molar-refractivity contribution in [2.75, 3.05) is 0 Å². The van der Waals surface area contributed by atoms with Gasteiger partial charge in [-0.3, -0.25) is 0 Å². The minimum absolute atomic E-state index is 0.466. The largest absolute Gasteiger partial charge is 0.456 e. The molecule has 1 aromatic carbocycles. The average Bonchev–Trinajstić information content (AvgIpc) is 2.32. The standard InChI is InChI=1S/C14H14ClNO/c1-10(2)11-4-3-5-12(8-11)17-13-6-7-14(15)16-9-13/h3-10H,1-2H3. The fraction of sp³-hybridized carbons (Fsp3) is 0.214. The summed E-state index contributed by atoms with van der Waals surface area (Å²) >= 11 is 5.71. The molecule has 0 bridgehead atoms. The van der Waals surface area contributed by atoms with E-state index >= 15 is 0 Å². The molecule has 17 heavy (non-hydrogen) atoms. The van der Waals surface area contributed by atoms with E-state index in [9.17, 15) is 0 Å². The predicted molar refractivity (Wildman–Crippen MR) is 69.9 cm³/mol. The third kappa shape index (κ3) is 3.21. The van der Waals surface area contributed by atoms with Gasteiger partial charge in [-0.2, -0.15) is 0 Å². The van der Waals surface area contributed by atoms with Gasteiger partial charge in [0, 0.05) is 0 Å². The van der Waals surface area contributed by atoms with E-state index in [2.05, 4.69) is 24.9 Å². The highest BCUT2D eigenvalue weighted by molar-refractivity contribution is 6.29. The Morgan fingerprint density at radius 1 is 1.12 bits per heavy atom. The topological polar surface area (TPSA) is 22.1 Å². The van der Waals surface area contributed by atoms with Gasteiger partial charge in [0.05, 0.1) is 6.20 Å². The van der Waals surface area contributed by atoms with Crippen LogP contribution in [0.3, 0.4) is 0 Å². The highest BCUT2D eigenvalue weighted by Crippen LogP contribution is 2.25. The molecule has 0 saturated heterocycles. The Balaban J connectivity index is 2.18. The highest BCUT2D eigenvalue weighted by Gasteiger charge is 2.02. The number of pyridine rings is 1. The summed E-state index contributed by atoms with van der Waals surface area (Å²) in [4.78, 5) is 3.97. The molecule has 3 heteroatoms. The van der Waals surface area contributed by atoms with Crippen LogP contribution in [0.25, 0.3) is 0 Å². The van der Waals surface area contributed by atoms with Crippen molar-refractivity contribution in [3.8, 4) is 11.5 Å². The number of hydrogen-bond acceptors (Lipinski definition) is 2. The lowest BCUT2D eigenvalue weighted by molar-refractivity contribution is 0.479. The van der Waals surface area contributed by atoms with Crippen molar-refractivity contribution < 1.29 is 4.74 Å². The third-order valence-electron chi connectivity index (χ3n) is 2.46. The van der Waals surface area contributed by atoms with Crippen LogP contribution >= 0.6 is 11.6 Å². The minimum Gasteiger partial charge on any atom is -0.456 e. The summed E-state index contributed by atoms with van der Waals surface area (Å²) in [5, 5.41) is 0.466. The van der Waals surface area contributed by atoms with Crippen LogP contribution in [0.4, 0.5) is 0 Å². The Morgan fingerprint density at radius 3 is 2.59 bits per heavy atom. The molecule has 1 aromatic heterocycles. The van der Waals surface area contributed by atoms with Gasteiger partial charge in [-0.15, -0.1) is 0 Å². The second kappa shape index (κ2) is 5.19. The molecule has 2 aromatic rings. The molecule has 0 N–H and O–H groups in total. The number of benzene rings is 1. The fourth-order valence-corrected chi connectivity index (χ4v) is 1.61. The van der Waals surface area contributed by atoms with E-state index in [4.69, 9.17) is 16.3 Å². The molecule has 1 heterocycles. The van der Waals surface area contributed by atoms with Crippen LogP contribution in [0.2, 0.25) is 5.15 Å². The Kier molecular flexibility index (Phi) is 3.64. The smallest absolute Gasteiger partial charge is 0.145 e. The van der Waals surface area contributed by atoms with Crippen LogP contribution in [0, 0.1) is 0 Å². The van der Waals surface area contributed by atoms with Crippen LogP contribution in [0.15, 0.2) is 42.6 Å². The lowest BCUT2D eigenvalue weighted by Crippen LogP contribution is -1.89. The normalized spacial score (nSPS) is 10.6. The van der Waals surface area contributed by atoms with Gasteiger partial charge in [0.25, 0.3) is 0 Å². The zero-order chi connectivity index (χ0) is 12.3. The van der Waals surface area contributed by atoms with Crippen molar-refractivity contribution in [3.05, 3.63) is 53.3 Å². The summed E-state index contributed by atoms with van der Waals surface area (Å²) in [5.41, 5.74) is 1.25. The van der Waals surface area contributed by atoms with E-state index in [1.807, 2.05) is 18.2 Å². The number of halogens is 1. The van der Waals surface area contributed by atoms with Crippen LogP contribution < -0.4 is 4.74 Å². The van der Waals surface area contributed by atoms with Gasteiger partial charge >= 0.3 is 0 Å². The van der Waals surface area contributed by atoms with E-state index in [1.54, 1.807) is 18.3 Å². The van der Waals surface area contributed by atoms with Gasteiger partial charge in [-0.1, -0.05) is 37.6 Å². The molecule has 0 saturated carbocycles. The van der Waals surface area contributed by atoms with Crippen LogP contribution in [-0.4, -0.2) is 4.98 Å². The molecule has 2 rings (SSSR count). The maximum Gasteiger partial charge on any atom is 0.145 e. The summed E-state index contributed by atoms with van der Waals surface area (Å²) in [6, 6.07) is 11.6. The van der Waals surface area contributed by atoms with Crippen LogP contribution in [0.1, 0.15) is 25.3 Å². The molecule has 0 spiro atoms. The molecule has 0 aliphatic carbocycles. The molecule has 0 unspecified atom stereocenters. The SMILES string of the molecule is CC(C)c1cccc(Oc2ccc(Cl)nc2)c1. The van der Waals surface area contributed by atoms with Crippen molar-refractivity contribution in [2.24, 2.45) is 0 Å². The molecule has 0 radical (unpaired) electrons. The second-order valence-corrected chi connectivity index (χ2v) is 4.53. The summed E-state index contributed by atoms with van der Waals surface area (Å²) in [6.07, 6.45) is 1.62. The van der Waals surface area contributed by atoms with Crippen molar-refractivity contribution in [1.29, 1.82) is 0 Å². The number of ether oxygens (including phenoxy) is 1. The number of aromatic nitrogens is 1. The molecule has 0 fully saturated rings. The summed E-state index contributed by atoms with van der Waals surface area (Å²) in [5.74, 6) is 2.00. The summed E-state index contributed by atoms with van der Waals surface area (Å²) in [7, 11) is 0. The number of nitrogens with zero attached hydrogens (tertiary/aromatic N) is 1. The zero-order valence-corrected chi connectivity index (χ0v) is 10.6. The first-order chi connectivity index (χ1) is 8.15. The van der Waals surface area contributed by atoms with Gasteiger partial charge in [-0.25, -0.2) is 4.98 Å². The molecule has 2 nitrogen and oxygen atoms in total. The van der Waals surface area contributed by atoms with E-state index in [0.717, 1.165) is 5.75 Å². The first-order valence-corrected chi connectivity index (χ1v) is 5.92. The maximum atomic E-state index is 5.71. The first-order valence-electron chi connectivity index (χ1n) is 5.54. The van der Waals surface area contributed by atoms with Gasteiger partial charge in [-0.05, 0) is 35.7 Å². The van der Waals surface area contributed by atoms with E-state index in [-0.39, 0.29) is 0 Å². The van der Waals surface area contributed by atoms with Crippen molar-refractivity contribution in [2.45, 2.75) is 19.8 Å². The van der Waals surface area contributed by atoms with Crippen LogP contribution in [0.5, 0.6) is 11.5 Å².